The van der Waals surface area contributed by atoms with Gasteiger partial charge in [0.2, 0.25) is 0 Å². The molecule has 0 bridgehead atoms. The van der Waals surface area contributed by atoms with Crippen molar-refractivity contribution < 1.29 is 5.11 Å². The molecule has 3 aromatic carbocycles. The lowest BCUT2D eigenvalue weighted by Crippen LogP contribution is -2.13. The van der Waals surface area contributed by atoms with Crippen LogP contribution in [0.4, 0.5) is 5.69 Å². The van der Waals surface area contributed by atoms with E-state index in [9.17, 15) is 5.11 Å². The predicted molar refractivity (Wildman–Crippen MR) is 117 cm³/mol. The Labute approximate surface area is 162 Å². The number of benzene rings is 3. The second kappa shape index (κ2) is 6.84. The van der Waals surface area contributed by atoms with Gasteiger partial charge in [0.25, 0.3) is 0 Å². The number of nitrogens with zero attached hydrogens (tertiary/aromatic N) is 1. The van der Waals surface area contributed by atoms with Crippen LogP contribution in [0.2, 0.25) is 0 Å². The zero-order valence-electron chi connectivity index (χ0n) is 17.2. The Balaban J connectivity index is 2.26. The molecule has 27 heavy (non-hydrogen) atoms. The van der Waals surface area contributed by atoms with E-state index >= 15 is 0 Å². The van der Waals surface area contributed by atoms with Crippen molar-refractivity contribution in [2.75, 3.05) is 0 Å². The summed E-state index contributed by atoms with van der Waals surface area (Å²) < 4.78 is 0. The van der Waals surface area contributed by atoms with Gasteiger partial charge in [-0.05, 0) is 45.4 Å². The average Bonchev–Trinajstić information content (AvgIpc) is 2.59. The predicted octanol–water partition coefficient (Wildman–Crippen LogP) is 6.89. The van der Waals surface area contributed by atoms with Gasteiger partial charge in [0.15, 0.2) is 0 Å². The zero-order valence-corrected chi connectivity index (χ0v) is 17.2. The van der Waals surface area contributed by atoms with Crippen LogP contribution in [0, 0.1) is 0 Å². The third-order valence-electron chi connectivity index (χ3n) is 4.92. The van der Waals surface area contributed by atoms with E-state index in [1.807, 2.05) is 30.3 Å². The molecule has 0 aliphatic heterocycles. The Bertz CT molecular complexity index is 987. The van der Waals surface area contributed by atoms with Crippen LogP contribution >= 0.6 is 0 Å². The molecule has 0 heterocycles. The highest BCUT2D eigenvalue weighted by molar-refractivity contribution is 6.04. The first-order valence-electron chi connectivity index (χ1n) is 9.47. The quantitative estimate of drug-likeness (QED) is 0.496. The molecule has 0 aliphatic carbocycles. The van der Waals surface area contributed by atoms with Crippen LogP contribution in [0.1, 0.15) is 58.2 Å². The van der Waals surface area contributed by atoms with E-state index in [0.29, 0.717) is 5.75 Å². The molecule has 0 amide bonds. The fourth-order valence-electron chi connectivity index (χ4n) is 3.25. The first-order chi connectivity index (χ1) is 12.6. The number of aromatic hydroxyl groups is 1. The molecule has 0 aliphatic rings. The second-order valence-corrected chi connectivity index (χ2v) is 9.22. The molecule has 0 aromatic heterocycles. The first kappa shape index (κ1) is 19.2. The normalized spacial score (nSPS) is 12.8. The molecule has 0 radical (unpaired) electrons. The molecular formula is C25H29NO. The van der Waals surface area contributed by atoms with E-state index in [4.69, 9.17) is 0 Å². The van der Waals surface area contributed by atoms with Gasteiger partial charge in [-0.3, -0.25) is 4.99 Å². The van der Waals surface area contributed by atoms with Crippen LogP contribution in [0.5, 0.6) is 5.75 Å². The van der Waals surface area contributed by atoms with Crippen LogP contribution in [-0.4, -0.2) is 11.3 Å². The minimum atomic E-state index is -0.161. The molecule has 0 spiro atoms. The Kier molecular flexibility index (Phi) is 4.86. The monoisotopic (exact) mass is 359 g/mol. The molecule has 2 nitrogen and oxygen atoms in total. The van der Waals surface area contributed by atoms with E-state index in [2.05, 4.69) is 70.8 Å². The lowest BCUT2D eigenvalue weighted by molar-refractivity contribution is 0.447. The molecule has 0 unspecified atom stereocenters. The van der Waals surface area contributed by atoms with E-state index in [0.717, 1.165) is 27.6 Å². The van der Waals surface area contributed by atoms with Gasteiger partial charge in [0, 0.05) is 17.3 Å². The van der Waals surface area contributed by atoms with Crippen molar-refractivity contribution in [2.45, 2.75) is 52.4 Å². The smallest absolute Gasteiger partial charge is 0.128 e. The minimum Gasteiger partial charge on any atom is -0.507 e. The molecule has 0 atom stereocenters. The van der Waals surface area contributed by atoms with Gasteiger partial charge in [0.1, 0.15) is 5.75 Å². The topological polar surface area (TPSA) is 32.6 Å². The number of hydrogen-bond acceptors (Lipinski definition) is 2. The maximum Gasteiger partial charge on any atom is 0.128 e. The number of aliphatic imine (C=N–C) groups is 1. The van der Waals surface area contributed by atoms with Crippen LogP contribution < -0.4 is 0 Å². The maximum absolute atomic E-state index is 11.0. The fourth-order valence-corrected chi connectivity index (χ4v) is 3.25. The van der Waals surface area contributed by atoms with Gasteiger partial charge in [0.05, 0.1) is 5.69 Å². The van der Waals surface area contributed by atoms with Gasteiger partial charge in [-0.15, -0.1) is 0 Å². The van der Waals surface area contributed by atoms with Gasteiger partial charge in [-0.1, -0.05) is 77.9 Å². The van der Waals surface area contributed by atoms with Crippen molar-refractivity contribution in [1.29, 1.82) is 0 Å². The molecule has 140 valence electrons. The zero-order chi connectivity index (χ0) is 19.8. The number of rotatable bonds is 2. The SMILES string of the molecule is CC(C)(C)c1ccc2c(C=Nc3ccccc3)c(O)c(C(C)(C)C)cc2c1. The van der Waals surface area contributed by atoms with Crippen LogP contribution in [0.15, 0.2) is 59.6 Å². The molecule has 2 heteroatoms. The number of phenols is 1. The third-order valence-corrected chi connectivity index (χ3v) is 4.92. The second-order valence-electron chi connectivity index (χ2n) is 9.22. The summed E-state index contributed by atoms with van der Waals surface area (Å²) in [7, 11) is 0. The maximum atomic E-state index is 11.0. The molecule has 3 rings (SSSR count). The van der Waals surface area contributed by atoms with Crippen LogP contribution in [-0.2, 0) is 10.8 Å². The van der Waals surface area contributed by atoms with Crippen molar-refractivity contribution in [3.63, 3.8) is 0 Å². The van der Waals surface area contributed by atoms with Gasteiger partial charge < -0.3 is 5.11 Å². The molecule has 0 saturated carbocycles. The summed E-state index contributed by atoms with van der Waals surface area (Å²) >= 11 is 0. The minimum absolute atomic E-state index is 0.0757. The largest absolute Gasteiger partial charge is 0.507 e. The number of phenolic OH excluding ortho intramolecular Hbond substituents is 1. The summed E-state index contributed by atoms with van der Waals surface area (Å²) in [6.07, 6.45) is 1.79. The average molecular weight is 360 g/mol. The number of fused-ring (bicyclic) bond motifs is 1. The summed E-state index contributed by atoms with van der Waals surface area (Å²) in [4.78, 5) is 4.60. The highest BCUT2D eigenvalue weighted by Gasteiger charge is 2.23. The molecule has 1 N–H and O–H groups in total. The van der Waals surface area contributed by atoms with Crippen molar-refractivity contribution in [1.82, 2.24) is 0 Å². The highest BCUT2D eigenvalue weighted by Crippen LogP contribution is 2.39. The molecule has 3 aromatic rings. The van der Waals surface area contributed by atoms with Gasteiger partial charge >= 0.3 is 0 Å². The highest BCUT2D eigenvalue weighted by atomic mass is 16.3. The first-order valence-corrected chi connectivity index (χ1v) is 9.47. The summed E-state index contributed by atoms with van der Waals surface area (Å²) in [6.45, 7) is 13.0. The Morgan fingerprint density at radius 2 is 1.48 bits per heavy atom. The summed E-state index contributed by atoms with van der Waals surface area (Å²) in [5.74, 6) is 0.318. The van der Waals surface area contributed by atoms with Crippen molar-refractivity contribution in [3.8, 4) is 5.75 Å². The van der Waals surface area contributed by atoms with E-state index in [1.54, 1.807) is 6.21 Å². The van der Waals surface area contributed by atoms with Gasteiger partial charge in [-0.25, -0.2) is 0 Å². The van der Waals surface area contributed by atoms with Crippen molar-refractivity contribution in [2.24, 2.45) is 4.99 Å². The molecular weight excluding hydrogens is 330 g/mol. The van der Waals surface area contributed by atoms with Crippen molar-refractivity contribution >= 4 is 22.7 Å². The van der Waals surface area contributed by atoms with Crippen LogP contribution in [0.25, 0.3) is 10.8 Å². The standard InChI is InChI=1S/C25H29NO/c1-24(2,3)18-12-13-20-17(14-18)15-22(25(4,5)6)23(27)21(20)16-26-19-10-8-7-9-11-19/h7-16,27H,1-6H3. The third kappa shape index (κ3) is 4.05. The molecule has 0 saturated heterocycles. The van der Waals surface area contributed by atoms with E-state index < -0.39 is 0 Å². The summed E-state index contributed by atoms with van der Waals surface area (Å²) in [5, 5.41) is 13.2. The molecule has 0 fully saturated rings. The van der Waals surface area contributed by atoms with E-state index in [-0.39, 0.29) is 10.8 Å². The van der Waals surface area contributed by atoms with E-state index in [1.165, 1.54) is 5.56 Å². The Hall–Kier alpha value is -2.61. The fraction of sp³-hybridized carbons (Fsp3) is 0.320. The lowest BCUT2D eigenvalue weighted by Gasteiger charge is -2.24. The van der Waals surface area contributed by atoms with Crippen LogP contribution in [0.3, 0.4) is 0 Å². The Morgan fingerprint density at radius 3 is 2.07 bits per heavy atom. The van der Waals surface area contributed by atoms with Gasteiger partial charge in [-0.2, -0.15) is 0 Å². The summed E-state index contributed by atoms with van der Waals surface area (Å²) in [5.41, 5.74) is 3.79. The number of para-hydroxylation sites is 1. The summed E-state index contributed by atoms with van der Waals surface area (Å²) in [6, 6.07) is 18.4. The lowest BCUT2D eigenvalue weighted by atomic mass is 9.81. The Morgan fingerprint density at radius 1 is 0.815 bits per heavy atom. The number of hydrogen-bond donors (Lipinski definition) is 1. The van der Waals surface area contributed by atoms with Crippen molar-refractivity contribution in [3.05, 3.63) is 71.3 Å².